The molecule has 2 atom stereocenters. The lowest BCUT2D eigenvalue weighted by molar-refractivity contribution is -0.136. The first-order valence-corrected chi connectivity index (χ1v) is 13.6. The van der Waals surface area contributed by atoms with Crippen LogP contribution in [0.3, 0.4) is 0 Å². The highest BCUT2D eigenvalue weighted by Gasteiger charge is 2.35. The van der Waals surface area contributed by atoms with Gasteiger partial charge in [0, 0.05) is 35.9 Å². The molecule has 1 saturated heterocycles. The molecule has 8 heteroatoms. The lowest BCUT2D eigenvalue weighted by Gasteiger charge is -2.36. The SMILES string of the molecule is Cc1cc(Cl)cc(N2C=Nc3cc(C)c(-c4cccc(CC(=O)O)c4)cc3C2C(=O)N(C)C[C@@H]2CCCN2)c1. The molecule has 0 bridgehead atoms. The van der Waals surface area contributed by atoms with Crippen LogP contribution in [-0.2, 0) is 16.0 Å². The number of carbonyl (C=O) groups excluding carboxylic acids is 1. The van der Waals surface area contributed by atoms with Crippen molar-refractivity contribution in [1.29, 1.82) is 0 Å². The monoisotopic (exact) mass is 544 g/mol. The number of fused-ring (bicyclic) bond motifs is 1. The van der Waals surface area contributed by atoms with Crippen molar-refractivity contribution in [2.45, 2.75) is 45.2 Å². The van der Waals surface area contributed by atoms with Gasteiger partial charge in [0.15, 0.2) is 0 Å². The number of carbonyl (C=O) groups is 2. The molecule has 3 aromatic rings. The molecule has 1 fully saturated rings. The Morgan fingerprint density at radius 2 is 1.97 bits per heavy atom. The Morgan fingerprint density at radius 3 is 2.69 bits per heavy atom. The number of carboxylic acids is 1. The number of hydrogen-bond donors (Lipinski definition) is 2. The predicted octanol–water partition coefficient (Wildman–Crippen LogP) is 5.68. The highest BCUT2D eigenvalue weighted by atomic mass is 35.5. The van der Waals surface area contributed by atoms with E-state index in [1.54, 1.807) is 6.34 Å². The molecule has 5 rings (SSSR count). The van der Waals surface area contributed by atoms with Crippen LogP contribution in [0.4, 0.5) is 11.4 Å². The maximum absolute atomic E-state index is 14.2. The average Bonchev–Trinajstić information content (AvgIpc) is 3.39. The maximum atomic E-state index is 14.2. The van der Waals surface area contributed by atoms with Gasteiger partial charge < -0.3 is 20.2 Å². The van der Waals surface area contributed by atoms with Crippen LogP contribution >= 0.6 is 11.6 Å². The summed E-state index contributed by atoms with van der Waals surface area (Å²) in [6.07, 6.45) is 3.84. The number of rotatable bonds is 7. The molecule has 0 saturated carbocycles. The number of nitrogens with zero attached hydrogens (tertiary/aromatic N) is 3. The lowest BCUT2D eigenvalue weighted by atomic mass is 9.91. The number of aryl methyl sites for hydroxylation is 2. The van der Waals surface area contributed by atoms with Crippen LogP contribution in [0.25, 0.3) is 11.1 Å². The minimum atomic E-state index is -0.874. The van der Waals surface area contributed by atoms with Gasteiger partial charge >= 0.3 is 5.97 Å². The largest absolute Gasteiger partial charge is 0.481 e. The van der Waals surface area contributed by atoms with E-state index in [1.165, 1.54) is 0 Å². The van der Waals surface area contributed by atoms with E-state index in [1.807, 2.05) is 85.3 Å². The van der Waals surface area contributed by atoms with E-state index in [0.29, 0.717) is 11.6 Å². The Hall–Kier alpha value is -3.68. The molecule has 1 unspecified atom stereocenters. The van der Waals surface area contributed by atoms with Gasteiger partial charge in [-0.2, -0.15) is 0 Å². The van der Waals surface area contributed by atoms with Crippen LogP contribution in [0.15, 0.2) is 59.6 Å². The van der Waals surface area contributed by atoms with Gasteiger partial charge in [-0.1, -0.05) is 35.9 Å². The highest BCUT2D eigenvalue weighted by molar-refractivity contribution is 6.31. The third kappa shape index (κ3) is 5.84. The molecule has 0 aliphatic carbocycles. The molecule has 202 valence electrons. The van der Waals surface area contributed by atoms with Crippen molar-refractivity contribution in [2.24, 2.45) is 4.99 Å². The van der Waals surface area contributed by atoms with Crippen LogP contribution in [0.2, 0.25) is 5.02 Å². The number of hydrogen-bond acceptors (Lipinski definition) is 5. The Labute approximate surface area is 234 Å². The van der Waals surface area contributed by atoms with E-state index in [4.69, 9.17) is 16.6 Å². The summed E-state index contributed by atoms with van der Waals surface area (Å²) < 4.78 is 0. The molecule has 7 nitrogen and oxygen atoms in total. The third-order valence-corrected chi connectivity index (χ3v) is 7.67. The fourth-order valence-electron chi connectivity index (χ4n) is 5.59. The van der Waals surface area contributed by atoms with Crippen molar-refractivity contribution < 1.29 is 14.7 Å². The minimum absolute atomic E-state index is 0.0249. The second kappa shape index (κ2) is 11.2. The Bertz CT molecular complexity index is 1430. The summed E-state index contributed by atoms with van der Waals surface area (Å²) in [6, 6.07) is 17.0. The topological polar surface area (TPSA) is 85.2 Å². The summed E-state index contributed by atoms with van der Waals surface area (Å²) in [5.74, 6) is -0.898. The van der Waals surface area contributed by atoms with Crippen LogP contribution in [0.1, 0.15) is 41.1 Å². The predicted molar refractivity (Wildman–Crippen MR) is 156 cm³/mol. The van der Waals surface area contributed by atoms with Crippen molar-refractivity contribution in [1.82, 2.24) is 10.2 Å². The second-order valence-electron chi connectivity index (χ2n) is 10.6. The Morgan fingerprint density at radius 1 is 1.15 bits per heavy atom. The summed E-state index contributed by atoms with van der Waals surface area (Å²) >= 11 is 6.43. The van der Waals surface area contributed by atoms with Crippen LogP contribution in [0, 0.1) is 13.8 Å². The molecule has 1 amide bonds. The van der Waals surface area contributed by atoms with Gasteiger partial charge in [0.25, 0.3) is 0 Å². The number of aliphatic imine (C=N–C) groups is 1. The number of anilines is 1. The second-order valence-corrected chi connectivity index (χ2v) is 11.0. The van der Waals surface area contributed by atoms with Crippen molar-refractivity contribution in [2.75, 3.05) is 25.0 Å². The van der Waals surface area contributed by atoms with Crippen LogP contribution in [-0.4, -0.2) is 54.4 Å². The van der Waals surface area contributed by atoms with Crippen molar-refractivity contribution in [3.05, 3.63) is 81.9 Å². The fourth-order valence-corrected chi connectivity index (χ4v) is 5.88. The van der Waals surface area contributed by atoms with E-state index in [-0.39, 0.29) is 18.4 Å². The standard InChI is InChI=1S/C31H33ClN4O3/c1-19-10-23(32)15-25(11-19)36-18-34-28-12-20(2)26(22-7-4-6-21(13-22)14-29(37)38)16-27(28)30(36)31(39)35(3)17-24-8-5-9-33-24/h4,6-7,10-13,15-16,18,24,30,33H,5,8-9,14,17H2,1-3H3,(H,37,38)/t24-,30?/m0/s1. The van der Waals surface area contributed by atoms with Gasteiger partial charge in [-0.05, 0) is 91.4 Å². The number of carboxylic acid groups (broad SMARTS) is 1. The zero-order chi connectivity index (χ0) is 27.7. The van der Waals surface area contributed by atoms with Gasteiger partial charge in [0.2, 0.25) is 5.91 Å². The Kier molecular flexibility index (Phi) is 7.73. The van der Waals surface area contributed by atoms with Crippen molar-refractivity contribution in [3.8, 4) is 11.1 Å². The number of halogens is 1. The van der Waals surface area contributed by atoms with Crippen LogP contribution < -0.4 is 10.2 Å². The van der Waals surface area contributed by atoms with Gasteiger partial charge in [0.05, 0.1) is 18.4 Å². The average molecular weight is 545 g/mol. The summed E-state index contributed by atoms with van der Waals surface area (Å²) in [7, 11) is 1.86. The van der Waals surface area contributed by atoms with Crippen molar-refractivity contribution in [3.63, 3.8) is 0 Å². The minimum Gasteiger partial charge on any atom is -0.481 e. The first-order valence-electron chi connectivity index (χ1n) is 13.2. The lowest BCUT2D eigenvalue weighted by Crippen LogP contribution is -2.46. The van der Waals surface area contributed by atoms with E-state index < -0.39 is 12.0 Å². The van der Waals surface area contributed by atoms with Gasteiger partial charge in [-0.3, -0.25) is 9.59 Å². The summed E-state index contributed by atoms with van der Waals surface area (Å²) in [6.45, 7) is 5.59. The first kappa shape index (κ1) is 26.9. The first-order chi connectivity index (χ1) is 18.7. The molecule has 3 aromatic carbocycles. The van der Waals surface area contributed by atoms with E-state index >= 15 is 0 Å². The molecule has 2 aliphatic heterocycles. The molecule has 0 spiro atoms. The van der Waals surface area contributed by atoms with E-state index in [0.717, 1.165) is 64.1 Å². The normalized spacial score (nSPS) is 18.2. The molecular weight excluding hydrogens is 512 g/mol. The molecule has 39 heavy (non-hydrogen) atoms. The number of amides is 1. The number of benzene rings is 3. The summed E-state index contributed by atoms with van der Waals surface area (Å²) in [5.41, 5.74) is 6.91. The van der Waals surface area contributed by atoms with Crippen LogP contribution in [0.5, 0.6) is 0 Å². The van der Waals surface area contributed by atoms with Gasteiger partial charge in [0.1, 0.15) is 6.04 Å². The molecule has 2 heterocycles. The van der Waals surface area contributed by atoms with Gasteiger partial charge in [-0.25, -0.2) is 4.99 Å². The maximum Gasteiger partial charge on any atom is 0.307 e. The molecular formula is C31H33ClN4O3. The smallest absolute Gasteiger partial charge is 0.307 e. The third-order valence-electron chi connectivity index (χ3n) is 7.45. The molecule has 2 N–H and O–H groups in total. The molecule has 0 aromatic heterocycles. The van der Waals surface area contributed by atoms with Gasteiger partial charge in [-0.15, -0.1) is 0 Å². The zero-order valence-electron chi connectivity index (χ0n) is 22.4. The summed E-state index contributed by atoms with van der Waals surface area (Å²) in [5, 5.41) is 13.4. The Balaban J connectivity index is 1.60. The van der Waals surface area contributed by atoms with E-state index in [2.05, 4.69) is 5.32 Å². The number of nitrogens with one attached hydrogen (secondary N) is 1. The quantitative estimate of drug-likeness (QED) is 0.399. The summed E-state index contributed by atoms with van der Waals surface area (Å²) in [4.78, 5) is 34.0. The van der Waals surface area contributed by atoms with E-state index in [9.17, 15) is 14.7 Å². The highest BCUT2D eigenvalue weighted by Crippen LogP contribution is 2.41. The molecule has 2 aliphatic rings. The number of likely N-dealkylation sites (N-methyl/N-ethyl adjacent to an activating group) is 1. The fraction of sp³-hybridized carbons (Fsp3) is 0.323. The number of aliphatic carboxylic acids is 1. The zero-order valence-corrected chi connectivity index (χ0v) is 23.2. The molecule has 0 radical (unpaired) electrons. The van der Waals surface area contributed by atoms with Crippen molar-refractivity contribution >= 4 is 41.2 Å².